The fourth-order valence-corrected chi connectivity index (χ4v) is 2.33. The van der Waals surface area contributed by atoms with Crippen LogP contribution in [0.5, 0.6) is 0 Å². The van der Waals surface area contributed by atoms with E-state index >= 15 is 0 Å². The highest BCUT2D eigenvalue weighted by molar-refractivity contribution is 5.77. The molecule has 20 heavy (non-hydrogen) atoms. The highest BCUT2D eigenvalue weighted by Crippen LogP contribution is 2.28. The number of halogens is 3. The van der Waals surface area contributed by atoms with E-state index in [2.05, 4.69) is 5.43 Å². The van der Waals surface area contributed by atoms with E-state index in [0.29, 0.717) is 5.56 Å². The molecular formula is C14H17F3N2O. The van der Waals surface area contributed by atoms with Crippen LogP contribution < -0.4 is 5.43 Å². The zero-order valence-electron chi connectivity index (χ0n) is 11.2. The van der Waals surface area contributed by atoms with E-state index in [1.807, 2.05) is 13.0 Å². The van der Waals surface area contributed by atoms with E-state index in [9.17, 15) is 18.0 Å². The summed E-state index contributed by atoms with van der Waals surface area (Å²) in [5.74, 6) is -0.360. The molecule has 0 radical (unpaired) electrons. The van der Waals surface area contributed by atoms with Gasteiger partial charge in [0.25, 0.3) is 0 Å². The van der Waals surface area contributed by atoms with Crippen LogP contribution in [0.4, 0.5) is 13.2 Å². The average molecular weight is 286 g/mol. The highest BCUT2D eigenvalue weighted by Gasteiger charge is 2.45. The Bertz CT molecular complexity index is 488. The summed E-state index contributed by atoms with van der Waals surface area (Å²) in [7, 11) is 0. The van der Waals surface area contributed by atoms with Gasteiger partial charge in [0, 0.05) is 13.0 Å². The summed E-state index contributed by atoms with van der Waals surface area (Å²) in [6.45, 7) is 2.05. The normalized spacial score (nSPS) is 18.1. The number of nitrogens with zero attached hydrogens (tertiary/aromatic N) is 1. The third-order valence-electron chi connectivity index (χ3n) is 3.43. The predicted molar refractivity (Wildman–Crippen MR) is 68.8 cm³/mol. The minimum absolute atomic E-state index is 0.0937. The molecule has 1 N–H and O–H groups in total. The van der Waals surface area contributed by atoms with Gasteiger partial charge >= 0.3 is 6.18 Å². The maximum Gasteiger partial charge on any atom is 0.406 e. The standard InChI is InChI=1S/C14H17F3N2O/c1-2-10-4-3-5-11(8-10)9-12(14(15,16)17)19-7-6-13(20)18-19/h3-5,8,12H,2,6-7,9H2,1H3,(H,18,20)/t12-/m0/s1. The van der Waals surface area contributed by atoms with Gasteiger partial charge in [-0.05, 0) is 24.0 Å². The first-order valence-electron chi connectivity index (χ1n) is 6.61. The van der Waals surface area contributed by atoms with Gasteiger partial charge in [0.2, 0.25) is 5.91 Å². The number of amides is 1. The molecule has 0 bridgehead atoms. The molecule has 0 aromatic heterocycles. The van der Waals surface area contributed by atoms with Crippen molar-refractivity contribution < 1.29 is 18.0 Å². The summed E-state index contributed by atoms with van der Waals surface area (Å²) in [4.78, 5) is 11.1. The largest absolute Gasteiger partial charge is 0.406 e. The number of alkyl halides is 3. The quantitative estimate of drug-likeness (QED) is 0.922. The van der Waals surface area contributed by atoms with Gasteiger partial charge in [0.05, 0.1) is 0 Å². The minimum atomic E-state index is -4.38. The van der Waals surface area contributed by atoms with E-state index in [4.69, 9.17) is 0 Å². The Morgan fingerprint density at radius 3 is 2.60 bits per heavy atom. The summed E-state index contributed by atoms with van der Waals surface area (Å²) in [6, 6.07) is 5.46. The van der Waals surface area contributed by atoms with Crippen LogP contribution in [-0.4, -0.2) is 29.7 Å². The van der Waals surface area contributed by atoms with Gasteiger partial charge < -0.3 is 0 Å². The first-order chi connectivity index (χ1) is 9.40. The fourth-order valence-electron chi connectivity index (χ4n) is 2.33. The third kappa shape index (κ3) is 3.50. The summed E-state index contributed by atoms with van der Waals surface area (Å²) in [5, 5.41) is 1.00. The molecule has 1 heterocycles. The maximum absolute atomic E-state index is 13.2. The molecule has 1 aliphatic heterocycles. The molecule has 1 aromatic rings. The third-order valence-corrected chi connectivity index (χ3v) is 3.43. The molecular weight excluding hydrogens is 269 g/mol. The molecule has 2 rings (SSSR count). The number of hydrogen-bond donors (Lipinski definition) is 1. The molecule has 1 fully saturated rings. The lowest BCUT2D eigenvalue weighted by Crippen LogP contribution is -2.51. The van der Waals surface area contributed by atoms with Crippen LogP contribution in [-0.2, 0) is 17.6 Å². The summed E-state index contributed by atoms with van der Waals surface area (Å²) < 4.78 is 39.5. The van der Waals surface area contributed by atoms with E-state index in [-0.39, 0.29) is 25.3 Å². The first-order valence-corrected chi connectivity index (χ1v) is 6.61. The van der Waals surface area contributed by atoms with Crippen LogP contribution in [0.1, 0.15) is 24.5 Å². The lowest BCUT2D eigenvalue weighted by molar-refractivity contribution is -0.187. The Balaban J connectivity index is 2.17. The van der Waals surface area contributed by atoms with Crippen molar-refractivity contribution in [2.75, 3.05) is 6.54 Å². The minimum Gasteiger partial charge on any atom is -0.288 e. The van der Waals surface area contributed by atoms with E-state index in [1.54, 1.807) is 18.2 Å². The van der Waals surface area contributed by atoms with Crippen molar-refractivity contribution in [1.82, 2.24) is 10.4 Å². The Morgan fingerprint density at radius 2 is 2.05 bits per heavy atom. The number of nitrogens with one attached hydrogen (secondary N) is 1. The Labute approximate surface area is 115 Å². The topological polar surface area (TPSA) is 32.3 Å². The summed E-state index contributed by atoms with van der Waals surface area (Å²) >= 11 is 0. The van der Waals surface area contributed by atoms with Gasteiger partial charge in [-0.1, -0.05) is 31.2 Å². The number of hydrazine groups is 1. The number of aryl methyl sites for hydroxylation is 1. The molecule has 1 aliphatic rings. The van der Waals surface area contributed by atoms with Gasteiger partial charge in [0.15, 0.2) is 0 Å². The van der Waals surface area contributed by atoms with Crippen LogP contribution in [0, 0.1) is 0 Å². The molecule has 1 atom stereocenters. The zero-order chi connectivity index (χ0) is 14.8. The van der Waals surface area contributed by atoms with E-state index in [0.717, 1.165) is 17.0 Å². The second kappa shape index (κ2) is 5.83. The molecule has 0 unspecified atom stereocenters. The van der Waals surface area contributed by atoms with Crippen LogP contribution in [0.25, 0.3) is 0 Å². The molecule has 1 aromatic carbocycles. The van der Waals surface area contributed by atoms with Crippen LogP contribution >= 0.6 is 0 Å². The van der Waals surface area contributed by atoms with Gasteiger partial charge in [-0.25, -0.2) is 5.01 Å². The molecule has 0 aliphatic carbocycles. The molecule has 1 amide bonds. The summed E-state index contributed by atoms with van der Waals surface area (Å²) in [5.41, 5.74) is 3.92. The molecule has 6 heteroatoms. The van der Waals surface area contributed by atoms with Crippen molar-refractivity contribution in [3.05, 3.63) is 35.4 Å². The lowest BCUT2D eigenvalue weighted by atomic mass is 10.0. The Morgan fingerprint density at radius 1 is 1.35 bits per heavy atom. The molecule has 0 saturated carbocycles. The van der Waals surface area contributed by atoms with Crippen molar-refractivity contribution in [3.63, 3.8) is 0 Å². The molecule has 3 nitrogen and oxygen atoms in total. The molecule has 110 valence electrons. The molecule has 0 spiro atoms. The van der Waals surface area contributed by atoms with E-state index in [1.165, 1.54) is 0 Å². The van der Waals surface area contributed by atoms with Crippen molar-refractivity contribution in [2.24, 2.45) is 0 Å². The van der Waals surface area contributed by atoms with Gasteiger partial charge in [-0.3, -0.25) is 10.2 Å². The van der Waals surface area contributed by atoms with E-state index < -0.39 is 12.2 Å². The van der Waals surface area contributed by atoms with Crippen molar-refractivity contribution in [2.45, 2.75) is 38.4 Å². The number of hydrogen-bond acceptors (Lipinski definition) is 2. The van der Waals surface area contributed by atoms with Gasteiger partial charge in [-0.15, -0.1) is 0 Å². The van der Waals surface area contributed by atoms with Gasteiger partial charge in [0.1, 0.15) is 6.04 Å². The second-order valence-electron chi connectivity index (χ2n) is 4.91. The number of rotatable bonds is 4. The monoisotopic (exact) mass is 286 g/mol. The first kappa shape index (κ1) is 14.8. The number of benzene rings is 1. The van der Waals surface area contributed by atoms with Gasteiger partial charge in [-0.2, -0.15) is 13.2 Å². The lowest BCUT2D eigenvalue weighted by Gasteiger charge is -2.29. The molecule has 1 saturated heterocycles. The second-order valence-corrected chi connectivity index (χ2v) is 4.91. The zero-order valence-corrected chi connectivity index (χ0v) is 11.2. The Hall–Kier alpha value is -1.56. The van der Waals surface area contributed by atoms with Crippen LogP contribution in [0.15, 0.2) is 24.3 Å². The van der Waals surface area contributed by atoms with Crippen LogP contribution in [0.2, 0.25) is 0 Å². The van der Waals surface area contributed by atoms with Crippen molar-refractivity contribution in [3.8, 4) is 0 Å². The maximum atomic E-state index is 13.2. The van der Waals surface area contributed by atoms with Crippen LogP contribution in [0.3, 0.4) is 0 Å². The van der Waals surface area contributed by atoms with Crippen molar-refractivity contribution >= 4 is 5.91 Å². The predicted octanol–water partition coefficient (Wildman–Crippen LogP) is 2.46. The Kier molecular flexibility index (Phi) is 4.32. The number of carbonyl (C=O) groups is 1. The highest BCUT2D eigenvalue weighted by atomic mass is 19.4. The van der Waals surface area contributed by atoms with Crippen molar-refractivity contribution in [1.29, 1.82) is 0 Å². The fraction of sp³-hybridized carbons (Fsp3) is 0.500. The number of carbonyl (C=O) groups excluding carboxylic acids is 1. The summed E-state index contributed by atoms with van der Waals surface area (Å²) in [6.07, 6.45) is -3.63. The SMILES string of the molecule is CCc1cccc(C[C@H](N2CCC(=O)N2)C(F)(F)F)c1. The average Bonchev–Trinajstić information content (AvgIpc) is 2.81. The smallest absolute Gasteiger partial charge is 0.288 e.